The lowest BCUT2D eigenvalue weighted by molar-refractivity contribution is 0.127. The van der Waals surface area contributed by atoms with Crippen molar-refractivity contribution in [3.63, 3.8) is 0 Å². The Morgan fingerprint density at radius 1 is 1.11 bits per heavy atom. The molecular weight excluding hydrogens is 225 g/mol. The average Bonchev–Trinajstić information content (AvgIpc) is 2.33. The molecule has 1 aromatic rings. The Morgan fingerprint density at radius 3 is 2.17 bits per heavy atom. The molecule has 3 nitrogen and oxygen atoms in total. The molecule has 0 unspecified atom stereocenters. The second kappa shape index (κ2) is 5.43. The van der Waals surface area contributed by atoms with E-state index in [-0.39, 0.29) is 0 Å². The van der Waals surface area contributed by atoms with E-state index >= 15 is 0 Å². The molecule has 0 aromatic heterocycles. The summed E-state index contributed by atoms with van der Waals surface area (Å²) in [4.78, 5) is 2.47. The zero-order valence-corrected chi connectivity index (χ0v) is 11.3. The molecular formula is C14H22BNO2. The molecule has 0 aliphatic carbocycles. The Balaban J connectivity index is 1.90. The number of hydrogen-bond donors (Lipinski definition) is 2. The van der Waals surface area contributed by atoms with Crippen LogP contribution in [0.15, 0.2) is 24.3 Å². The Labute approximate surface area is 110 Å². The van der Waals surface area contributed by atoms with Gasteiger partial charge in [0.1, 0.15) is 0 Å². The van der Waals surface area contributed by atoms with Gasteiger partial charge in [-0.2, -0.15) is 0 Å². The highest BCUT2D eigenvalue weighted by Gasteiger charge is 2.25. The van der Waals surface area contributed by atoms with Crippen LogP contribution in [-0.2, 0) is 6.54 Å². The number of rotatable bonds is 3. The van der Waals surface area contributed by atoms with Gasteiger partial charge in [-0.05, 0) is 42.4 Å². The Morgan fingerprint density at radius 2 is 1.67 bits per heavy atom. The topological polar surface area (TPSA) is 43.7 Å². The normalized spacial score (nSPS) is 19.8. The molecule has 1 heterocycles. The van der Waals surface area contributed by atoms with E-state index in [1.54, 1.807) is 12.1 Å². The van der Waals surface area contributed by atoms with Crippen LogP contribution in [0.2, 0.25) is 0 Å². The summed E-state index contributed by atoms with van der Waals surface area (Å²) in [6.45, 7) is 7.93. The van der Waals surface area contributed by atoms with Gasteiger partial charge in [-0.1, -0.05) is 38.1 Å². The van der Waals surface area contributed by atoms with Crippen molar-refractivity contribution in [2.24, 2.45) is 5.41 Å². The summed E-state index contributed by atoms with van der Waals surface area (Å²) < 4.78 is 0. The largest absolute Gasteiger partial charge is 0.488 e. The first-order valence-electron chi connectivity index (χ1n) is 6.64. The van der Waals surface area contributed by atoms with Gasteiger partial charge in [-0.3, -0.25) is 4.90 Å². The maximum atomic E-state index is 9.04. The molecule has 98 valence electrons. The van der Waals surface area contributed by atoms with E-state index in [4.69, 9.17) is 10.0 Å². The number of hydrogen-bond acceptors (Lipinski definition) is 3. The van der Waals surface area contributed by atoms with Crippen molar-refractivity contribution < 1.29 is 10.0 Å². The fourth-order valence-corrected chi connectivity index (χ4v) is 2.37. The molecule has 0 saturated carbocycles. The molecule has 18 heavy (non-hydrogen) atoms. The maximum absolute atomic E-state index is 9.04. The van der Waals surface area contributed by atoms with Crippen molar-refractivity contribution in [1.82, 2.24) is 4.90 Å². The smallest absolute Gasteiger partial charge is 0.423 e. The third kappa shape index (κ3) is 3.58. The predicted molar refractivity (Wildman–Crippen MR) is 74.6 cm³/mol. The summed E-state index contributed by atoms with van der Waals surface area (Å²) in [6.07, 6.45) is 2.50. The summed E-state index contributed by atoms with van der Waals surface area (Å²) in [5.41, 5.74) is 2.28. The molecule has 0 atom stereocenters. The van der Waals surface area contributed by atoms with Crippen LogP contribution in [0.4, 0.5) is 0 Å². The van der Waals surface area contributed by atoms with Gasteiger partial charge in [-0.15, -0.1) is 0 Å². The van der Waals surface area contributed by atoms with Crippen molar-refractivity contribution >= 4 is 12.6 Å². The average molecular weight is 247 g/mol. The van der Waals surface area contributed by atoms with E-state index in [2.05, 4.69) is 18.7 Å². The van der Waals surface area contributed by atoms with Crippen molar-refractivity contribution in [2.75, 3.05) is 13.1 Å². The Bertz CT molecular complexity index is 379. The fraction of sp³-hybridized carbons (Fsp3) is 0.571. The van der Waals surface area contributed by atoms with E-state index in [1.165, 1.54) is 18.4 Å². The van der Waals surface area contributed by atoms with E-state index in [0.29, 0.717) is 10.9 Å². The second-order valence-electron chi connectivity index (χ2n) is 6.06. The Hall–Kier alpha value is -0.835. The fourth-order valence-electron chi connectivity index (χ4n) is 2.37. The first-order valence-corrected chi connectivity index (χ1v) is 6.64. The zero-order chi connectivity index (χ0) is 13.2. The molecule has 1 fully saturated rings. The number of piperidine rings is 1. The number of benzene rings is 1. The lowest BCUT2D eigenvalue weighted by Gasteiger charge is -2.36. The van der Waals surface area contributed by atoms with Crippen LogP contribution in [0.1, 0.15) is 32.3 Å². The third-order valence-corrected chi connectivity index (χ3v) is 3.89. The van der Waals surface area contributed by atoms with Crippen LogP contribution in [0.3, 0.4) is 0 Å². The van der Waals surface area contributed by atoms with Crippen molar-refractivity contribution in [2.45, 2.75) is 33.2 Å². The lowest BCUT2D eigenvalue weighted by Crippen LogP contribution is -2.37. The quantitative estimate of drug-likeness (QED) is 0.783. The first kappa shape index (κ1) is 13.6. The van der Waals surface area contributed by atoms with Crippen LogP contribution >= 0.6 is 0 Å². The van der Waals surface area contributed by atoms with Crippen molar-refractivity contribution in [1.29, 1.82) is 0 Å². The molecule has 2 rings (SSSR count). The van der Waals surface area contributed by atoms with Crippen LogP contribution in [0.5, 0.6) is 0 Å². The lowest BCUT2D eigenvalue weighted by atomic mass is 9.80. The standard InChI is InChI=1S/C14H22BNO2/c1-14(2)7-9-16(10-8-14)11-12-3-5-13(6-4-12)15(17)18/h3-6,17-18H,7-11H2,1-2H3. The SMILES string of the molecule is CC1(C)CCN(Cc2ccc(B(O)O)cc2)CC1. The highest BCUT2D eigenvalue weighted by molar-refractivity contribution is 6.58. The summed E-state index contributed by atoms with van der Waals surface area (Å²) in [5, 5.41) is 18.1. The van der Waals surface area contributed by atoms with Crippen LogP contribution in [0.25, 0.3) is 0 Å². The van der Waals surface area contributed by atoms with Crippen molar-refractivity contribution in [3.8, 4) is 0 Å². The minimum Gasteiger partial charge on any atom is -0.423 e. The van der Waals surface area contributed by atoms with Crippen molar-refractivity contribution in [3.05, 3.63) is 29.8 Å². The second-order valence-corrected chi connectivity index (χ2v) is 6.06. The van der Waals surface area contributed by atoms with Crippen LogP contribution in [-0.4, -0.2) is 35.2 Å². The summed E-state index contributed by atoms with van der Waals surface area (Å²) in [6, 6.07) is 7.53. The third-order valence-electron chi connectivity index (χ3n) is 3.89. The molecule has 1 saturated heterocycles. The number of likely N-dealkylation sites (tertiary alicyclic amines) is 1. The monoisotopic (exact) mass is 247 g/mol. The molecule has 0 bridgehead atoms. The summed E-state index contributed by atoms with van der Waals surface area (Å²) in [7, 11) is -1.37. The Kier molecular flexibility index (Phi) is 4.10. The maximum Gasteiger partial charge on any atom is 0.488 e. The predicted octanol–water partition coefficient (Wildman–Crippen LogP) is 0.988. The highest BCUT2D eigenvalue weighted by Crippen LogP contribution is 2.30. The molecule has 1 aromatic carbocycles. The summed E-state index contributed by atoms with van der Waals surface area (Å²) >= 11 is 0. The van der Waals surface area contributed by atoms with E-state index in [1.807, 2.05) is 12.1 Å². The molecule has 0 amide bonds. The van der Waals surface area contributed by atoms with Gasteiger partial charge in [0.25, 0.3) is 0 Å². The number of nitrogens with zero attached hydrogens (tertiary/aromatic N) is 1. The summed E-state index contributed by atoms with van der Waals surface area (Å²) in [5.74, 6) is 0. The molecule has 1 aliphatic rings. The highest BCUT2D eigenvalue weighted by atomic mass is 16.4. The van der Waals surface area contributed by atoms with Gasteiger partial charge in [-0.25, -0.2) is 0 Å². The van der Waals surface area contributed by atoms with Gasteiger partial charge in [0.05, 0.1) is 0 Å². The van der Waals surface area contributed by atoms with Crippen LogP contribution in [0, 0.1) is 5.41 Å². The van der Waals surface area contributed by atoms with Gasteiger partial charge in [0, 0.05) is 6.54 Å². The van der Waals surface area contributed by atoms with Gasteiger partial charge >= 0.3 is 7.12 Å². The van der Waals surface area contributed by atoms with Gasteiger partial charge < -0.3 is 10.0 Å². The van der Waals surface area contributed by atoms with Crippen LogP contribution < -0.4 is 5.46 Å². The first-order chi connectivity index (χ1) is 8.46. The molecule has 0 radical (unpaired) electrons. The van der Waals surface area contributed by atoms with E-state index in [9.17, 15) is 0 Å². The zero-order valence-electron chi connectivity index (χ0n) is 11.3. The van der Waals surface area contributed by atoms with Gasteiger partial charge in [0.15, 0.2) is 0 Å². The van der Waals surface area contributed by atoms with Gasteiger partial charge in [0.2, 0.25) is 0 Å². The molecule has 4 heteroatoms. The molecule has 2 N–H and O–H groups in total. The molecule has 1 aliphatic heterocycles. The minimum absolute atomic E-state index is 0.487. The molecule has 0 spiro atoms. The van der Waals surface area contributed by atoms with E-state index in [0.717, 1.165) is 19.6 Å². The van der Waals surface area contributed by atoms with E-state index < -0.39 is 7.12 Å². The minimum atomic E-state index is -1.37.